The summed E-state index contributed by atoms with van der Waals surface area (Å²) in [4.78, 5) is 0. The summed E-state index contributed by atoms with van der Waals surface area (Å²) >= 11 is 0. The van der Waals surface area contributed by atoms with Gasteiger partial charge in [-0.25, -0.2) is 0 Å². The van der Waals surface area contributed by atoms with Gasteiger partial charge in [0.2, 0.25) is 0 Å². The predicted octanol–water partition coefficient (Wildman–Crippen LogP) is 6.19. The second kappa shape index (κ2) is 8.43. The quantitative estimate of drug-likeness (QED) is 0.509. The summed E-state index contributed by atoms with van der Waals surface area (Å²) in [7, 11) is 1.66. The van der Waals surface area contributed by atoms with Crippen LogP contribution in [0.4, 0.5) is 0 Å². The zero-order valence-corrected chi connectivity index (χ0v) is 15.4. The molecule has 0 amide bonds. The molecule has 0 saturated heterocycles. The van der Waals surface area contributed by atoms with Gasteiger partial charge < -0.3 is 14.2 Å². The van der Waals surface area contributed by atoms with E-state index in [1.54, 1.807) is 7.11 Å². The summed E-state index contributed by atoms with van der Waals surface area (Å²) in [6, 6.07) is 23.7. The molecule has 0 heterocycles. The van der Waals surface area contributed by atoms with E-state index in [2.05, 4.69) is 26.0 Å². The highest BCUT2D eigenvalue weighted by Gasteiger charge is 2.05. The lowest BCUT2D eigenvalue weighted by Gasteiger charge is -2.12. The second-order valence-electron chi connectivity index (χ2n) is 6.40. The maximum absolute atomic E-state index is 5.95. The molecule has 0 saturated carbocycles. The van der Waals surface area contributed by atoms with Crippen molar-refractivity contribution in [3.8, 4) is 23.0 Å². The molecule has 0 fully saturated rings. The van der Waals surface area contributed by atoms with E-state index in [1.165, 1.54) is 5.56 Å². The molecule has 3 nitrogen and oxygen atoms in total. The zero-order chi connectivity index (χ0) is 18.4. The molecule has 0 aliphatic carbocycles. The van der Waals surface area contributed by atoms with Crippen molar-refractivity contribution in [3.63, 3.8) is 0 Å². The first kappa shape index (κ1) is 17.9. The average Bonchev–Trinajstić information content (AvgIpc) is 2.67. The second-order valence-corrected chi connectivity index (χ2v) is 6.40. The Balaban J connectivity index is 1.66. The molecule has 0 aliphatic heterocycles. The number of hydrogen-bond donors (Lipinski definition) is 0. The maximum atomic E-state index is 5.95. The van der Waals surface area contributed by atoms with E-state index < -0.39 is 0 Å². The van der Waals surface area contributed by atoms with Gasteiger partial charge in [-0.3, -0.25) is 0 Å². The van der Waals surface area contributed by atoms with Gasteiger partial charge in [0.1, 0.15) is 29.6 Å². The first-order valence-corrected chi connectivity index (χ1v) is 8.78. The topological polar surface area (TPSA) is 27.7 Å². The Hall–Kier alpha value is -2.94. The van der Waals surface area contributed by atoms with Crippen LogP contribution in [0.25, 0.3) is 0 Å². The van der Waals surface area contributed by atoms with E-state index in [0.717, 1.165) is 28.6 Å². The van der Waals surface area contributed by atoms with Crippen LogP contribution in [-0.4, -0.2) is 7.11 Å². The first-order valence-electron chi connectivity index (χ1n) is 8.78. The van der Waals surface area contributed by atoms with E-state index in [-0.39, 0.29) is 0 Å². The van der Waals surface area contributed by atoms with E-state index in [4.69, 9.17) is 14.2 Å². The van der Waals surface area contributed by atoms with E-state index >= 15 is 0 Å². The first-order chi connectivity index (χ1) is 12.7. The summed E-state index contributed by atoms with van der Waals surface area (Å²) in [6.07, 6.45) is 0. The predicted molar refractivity (Wildman–Crippen MR) is 104 cm³/mol. The molecule has 0 unspecified atom stereocenters. The number of methoxy groups -OCH3 is 1. The molecular weight excluding hydrogens is 324 g/mol. The van der Waals surface area contributed by atoms with Crippen molar-refractivity contribution in [2.45, 2.75) is 26.4 Å². The van der Waals surface area contributed by atoms with Gasteiger partial charge in [-0.1, -0.05) is 50.2 Å². The van der Waals surface area contributed by atoms with Crippen LogP contribution in [0.15, 0.2) is 72.8 Å². The Labute approximate surface area is 155 Å². The van der Waals surface area contributed by atoms with Crippen molar-refractivity contribution in [3.05, 3.63) is 83.9 Å². The van der Waals surface area contributed by atoms with Crippen LogP contribution in [0.5, 0.6) is 23.0 Å². The maximum Gasteiger partial charge on any atom is 0.131 e. The fraction of sp³-hybridized carbons (Fsp3) is 0.217. The number of hydrogen-bond acceptors (Lipinski definition) is 3. The Morgan fingerprint density at radius 2 is 1.50 bits per heavy atom. The van der Waals surface area contributed by atoms with Crippen LogP contribution in [0.2, 0.25) is 0 Å². The van der Waals surface area contributed by atoms with Crippen molar-refractivity contribution < 1.29 is 14.2 Å². The van der Waals surface area contributed by atoms with Gasteiger partial charge in [0, 0.05) is 11.6 Å². The normalized spacial score (nSPS) is 10.6. The lowest BCUT2D eigenvalue weighted by atomic mass is 10.0. The van der Waals surface area contributed by atoms with E-state index in [9.17, 15) is 0 Å². The third-order valence-electron chi connectivity index (χ3n) is 4.17. The molecule has 3 aromatic rings. The molecule has 0 radical (unpaired) electrons. The molecule has 0 N–H and O–H groups in total. The third kappa shape index (κ3) is 4.57. The van der Waals surface area contributed by atoms with Gasteiger partial charge in [0.05, 0.1) is 7.11 Å². The van der Waals surface area contributed by atoms with E-state index in [1.807, 2.05) is 60.7 Å². The number of ether oxygens (including phenoxy) is 3. The Kier molecular flexibility index (Phi) is 5.80. The van der Waals surface area contributed by atoms with Gasteiger partial charge >= 0.3 is 0 Å². The molecule has 3 heteroatoms. The van der Waals surface area contributed by atoms with Gasteiger partial charge in [0.25, 0.3) is 0 Å². The highest BCUT2D eigenvalue weighted by Crippen LogP contribution is 2.27. The van der Waals surface area contributed by atoms with Crippen molar-refractivity contribution in [1.82, 2.24) is 0 Å². The highest BCUT2D eigenvalue weighted by molar-refractivity contribution is 5.38. The summed E-state index contributed by atoms with van der Waals surface area (Å²) < 4.78 is 17.2. The third-order valence-corrected chi connectivity index (χ3v) is 4.17. The highest BCUT2D eigenvalue weighted by atomic mass is 16.5. The molecule has 0 spiro atoms. The smallest absolute Gasteiger partial charge is 0.131 e. The fourth-order valence-corrected chi connectivity index (χ4v) is 2.67. The van der Waals surface area contributed by atoms with Crippen LogP contribution in [0.3, 0.4) is 0 Å². The number of para-hydroxylation sites is 1. The Bertz CT molecular complexity index is 838. The van der Waals surface area contributed by atoms with Crippen molar-refractivity contribution in [2.75, 3.05) is 7.11 Å². The SMILES string of the molecule is COc1ccccc1COc1cccc(Oc2ccc(C(C)C)cc2)c1. The van der Waals surface area contributed by atoms with Crippen LogP contribution in [0.1, 0.15) is 30.9 Å². The molecule has 0 aliphatic rings. The molecule has 26 heavy (non-hydrogen) atoms. The molecule has 3 rings (SSSR count). The van der Waals surface area contributed by atoms with Crippen LogP contribution in [0, 0.1) is 0 Å². The molecule has 0 bridgehead atoms. The molecule has 0 aromatic heterocycles. The van der Waals surface area contributed by atoms with Gasteiger partial charge in [-0.15, -0.1) is 0 Å². The number of benzene rings is 3. The molecule has 0 atom stereocenters. The zero-order valence-electron chi connectivity index (χ0n) is 15.4. The van der Waals surface area contributed by atoms with Gasteiger partial charge in [-0.05, 0) is 41.8 Å². The Morgan fingerprint density at radius 1 is 0.769 bits per heavy atom. The summed E-state index contributed by atoms with van der Waals surface area (Å²) in [6.45, 7) is 4.80. The molecular formula is C23H24O3. The lowest BCUT2D eigenvalue weighted by molar-refractivity contribution is 0.295. The monoisotopic (exact) mass is 348 g/mol. The summed E-state index contributed by atoms with van der Waals surface area (Å²) in [5.41, 5.74) is 2.30. The summed E-state index contributed by atoms with van der Waals surface area (Å²) in [5, 5.41) is 0. The van der Waals surface area contributed by atoms with Crippen molar-refractivity contribution in [2.24, 2.45) is 0 Å². The van der Waals surface area contributed by atoms with Crippen LogP contribution < -0.4 is 14.2 Å². The Morgan fingerprint density at radius 3 is 2.23 bits per heavy atom. The lowest BCUT2D eigenvalue weighted by Crippen LogP contribution is -1.98. The largest absolute Gasteiger partial charge is 0.496 e. The summed E-state index contributed by atoms with van der Waals surface area (Å²) in [5.74, 6) is 3.66. The standard InChI is InChI=1S/C23H24O3/c1-17(2)18-11-13-20(14-12-18)26-22-9-6-8-21(15-22)25-16-19-7-4-5-10-23(19)24-3/h4-15,17H,16H2,1-3H3. The number of rotatable bonds is 7. The van der Waals surface area contributed by atoms with E-state index in [0.29, 0.717) is 12.5 Å². The molecule has 134 valence electrons. The van der Waals surface area contributed by atoms with Crippen LogP contribution >= 0.6 is 0 Å². The van der Waals surface area contributed by atoms with Crippen LogP contribution in [-0.2, 0) is 6.61 Å². The minimum Gasteiger partial charge on any atom is -0.496 e. The van der Waals surface area contributed by atoms with Gasteiger partial charge in [0.15, 0.2) is 0 Å². The average molecular weight is 348 g/mol. The fourth-order valence-electron chi connectivity index (χ4n) is 2.67. The molecule has 3 aromatic carbocycles. The van der Waals surface area contributed by atoms with Crippen molar-refractivity contribution in [1.29, 1.82) is 0 Å². The van der Waals surface area contributed by atoms with Crippen molar-refractivity contribution >= 4 is 0 Å². The van der Waals surface area contributed by atoms with Gasteiger partial charge in [-0.2, -0.15) is 0 Å². The minimum absolute atomic E-state index is 0.441. The minimum atomic E-state index is 0.441.